The Balaban J connectivity index is 1.25. The van der Waals surface area contributed by atoms with E-state index in [4.69, 9.17) is 0 Å². The van der Waals surface area contributed by atoms with Gasteiger partial charge in [-0.2, -0.15) is 5.10 Å². The molecular formula is C25H33N9O. The van der Waals surface area contributed by atoms with Crippen molar-refractivity contribution in [2.75, 3.05) is 41.3 Å². The molecule has 1 unspecified atom stereocenters. The van der Waals surface area contributed by atoms with Crippen molar-refractivity contribution in [3.63, 3.8) is 0 Å². The van der Waals surface area contributed by atoms with E-state index in [0.29, 0.717) is 12.4 Å². The van der Waals surface area contributed by atoms with Crippen LogP contribution in [0.25, 0.3) is 5.82 Å². The van der Waals surface area contributed by atoms with E-state index in [1.54, 1.807) is 6.33 Å². The van der Waals surface area contributed by atoms with Gasteiger partial charge in [-0.15, -0.1) is 0 Å². The summed E-state index contributed by atoms with van der Waals surface area (Å²) in [7, 11) is 0. The van der Waals surface area contributed by atoms with Crippen LogP contribution in [0.2, 0.25) is 0 Å². The zero-order valence-corrected chi connectivity index (χ0v) is 20.7. The van der Waals surface area contributed by atoms with E-state index < -0.39 is 0 Å². The lowest BCUT2D eigenvalue weighted by atomic mass is 9.97. The number of carbonyl (C=O) groups is 1. The number of anilines is 3. The van der Waals surface area contributed by atoms with Crippen molar-refractivity contribution in [2.24, 2.45) is 11.8 Å². The van der Waals surface area contributed by atoms with Gasteiger partial charge in [0, 0.05) is 44.0 Å². The smallest absolute Gasteiger partial charge is 0.230 e. The standard InChI is InChI=1S/C25H33N9O/c1-17-6-9-32(10-7-17)22-12-21(26-15-27-22)30-25(35)20-5-4-8-33(14-20)23-13-24(29-16-28-23)34-19(3)11-18(2)31-34/h11-13,15-17,20H,4-10,14H2,1-3H3,(H,26,27,30,35). The van der Waals surface area contributed by atoms with Crippen LogP contribution in [-0.2, 0) is 4.79 Å². The molecule has 0 spiro atoms. The number of nitrogens with one attached hydrogen (secondary N) is 1. The molecule has 2 saturated heterocycles. The molecule has 10 heteroatoms. The second-order valence-electron chi connectivity index (χ2n) is 9.78. The third-order valence-electron chi connectivity index (χ3n) is 6.99. The second-order valence-corrected chi connectivity index (χ2v) is 9.78. The largest absolute Gasteiger partial charge is 0.356 e. The highest BCUT2D eigenvalue weighted by Crippen LogP contribution is 2.25. The highest BCUT2D eigenvalue weighted by Gasteiger charge is 2.27. The van der Waals surface area contributed by atoms with Crippen LogP contribution in [0.4, 0.5) is 17.5 Å². The Morgan fingerprint density at radius 2 is 1.60 bits per heavy atom. The van der Waals surface area contributed by atoms with Crippen LogP contribution in [-0.4, -0.2) is 61.8 Å². The lowest BCUT2D eigenvalue weighted by molar-refractivity contribution is -0.120. The predicted molar refractivity (Wildman–Crippen MR) is 135 cm³/mol. The van der Waals surface area contributed by atoms with Gasteiger partial charge in [0.15, 0.2) is 5.82 Å². The van der Waals surface area contributed by atoms with Gasteiger partial charge in [-0.3, -0.25) is 4.79 Å². The van der Waals surface area contributed by atoms with Gasteiger partial charge in [0.2, 0.25) is 5.91 Å². The van der Waals surface area contributed by atoms with E-state index in [9.17, 15) is 4.79 Å². The van der Waals surface area contributed by atoms with Crippen molar-refractivity contribution in [1.29, 1.82) is 0 Å². The molecular weight excluding hydrogens is 442 g/mol. The first-order chi connectivity index (χ1) is 17.0. The van der Waals surface area contributed by atoms with Crippen molar-refractivity contribution in [1.82, 2.24) is 29.7 Å². The Hall–Kier alpha value is -3.56. The summed E-state index contributed by atoms with van der Waals surface area (Å²) in [6.45, 7) is 9.69. The maximum atomic E-state index is 13.2. The molecule has 2 aliphatic heterocycles. The molecule has 0 aromatic carbocycles. The van der Waals surface area contributed by atoms with Crippen LogP contribution in [0.3, 0.4) is 0 Å². The Morgan fingerprint density at radius 1 is 0.886 bits per heavy atom. The molecule has 1 N–H and O–H groups in total. The zero-order chi connectivity index (χ0) is 24.4. The second kappa shape index (κ2) is 9.97. The van der Waals surface area contributed by atoms with Crippen molar-refractivity contribution >= 4 is 23.4 Å². The third kappa shape index (κ3) is 5.26. The van der Waals surface area contributed by atoms with Crippen molar-refractivity contribution in [3.8, 4) is 5.82 Å². The molecule has 0 radical (unpaired) electrons. The molecule has 2 aliphatic rings. The normalized spacial score (nSPS) is 19.1. The number of aromatic nitrogens is 6. The Bertz CT molecular complexity index is 1190. The molecule has 1 atom stereocenters. The highest BCUT2D eigenvalue weighted by atomic mass is 16.2. The first-order valence-electron chi connectivity index (χ1n) is 12.4. The van der Waals surface area contributed by atoms with E-state index >= 15 is 0 Å². The quantitative estimate of drug-likeness (QED) is 0.600. The van der Waals surface area contributed by atoms with Crippen LogP contribution in [0.15, 0.2) is 30.9 Å². The summed E-state index contributed by atoms with van der Waals surface area (Å²) in [5.74, 6) is 3.57. The minimum atomic E-state index is -0.148. The molecule has 184 valence electrons. The number of amides is 1. The molecule has 3 aromatic heterocycles. The van der Waals surface area contributed by atoms with Gasteiger partial charge in [0.05, 0.1) is 11.6 Å². The highest BCUT2D eigenvalue weighted by molar-refractivity contribution is 5.92. The van der Waals surface area contributed by atoms with Crippen LogP contribution in [0.5, 0.6) is 0 Å². The summed E-state index contributed by atoms with van der Waals surface area (Å²) in [4.78, 5) is 35.2. The summed E-state index contributed by atoms with van der Waals surface area (Å²) >= 11 is 0. The van der Waals surface area contributed by atoms with Crippen LogP contribution >= 0.6 is 0 Å². The number of hydrogen-bond acceptors (Lipinski definition) is 8. The van der Waals surface area contributed by atoms with E-state index in [-0.39, 0.29) is 11.8 Å². The number of carbonyl (C=O) groups excluding carboxylic acids is 1. The minimum absolute atomic E-state index is 0.0144. The summed E-state index contributed by atoms with van der Waals surface area (Å²) in [6, 6.07) is 5.85. The van der Waals surface area contributed by atoms with Gasteiger partial charge in [0.1, 0.15) is 30.1 Å². The van der Waals surface area contributed by atoms with Gasteiger partial charge in [0.25, 0.3) is 0 Å². The predicted octanol–water partition coefficient (Wildman–Crippen LogP) is 3.16. The van der Waals surface area contributed by atoms with E-state index in [0.717, 1.165) is 80.1 Å². The molecule has 5 rings (SSSR count). The summed E-state index contributed by atoms with van der Waals surface area (Å²) in [6.07, 6.45) is 7.17. The molecule has 0 aliphatic carbocycles. The maximum Gasteiger partial charge on any atom is 0.230 e. The number of nitrogens with zero attached hydrogens (tertiary/aromatic N) is 8. The van der Waals surface area contributed by atoms with Gasteiger partial charge in [-0.1, -0.05) is 6.92 Å². The molecule has 0 bridgehead atoms. The van der Waals surface area contributed by atoms with Crippen molar-refractivity contribution < 1.29 is 4.79 Å². The van der Waals surface area contributed by atoms with Crippen molar-refractivity contribution in [3.05, 3.63) is 42.2 Å². The number of piperidine rings is 2. The monoisotopic (exact) mass is 475 g/mol. The zero-order valence-electron chi connectivity index (χ0n) is 20.7. The molecule has 0 saturated carbocycles. The molecule has 3 aromatic rings. The van der Waals surface area contributed by atoms with E-state index in [1.807, 2.05) is 36.7 Å². The van der Waals surface area contributed by atoms with Gasteiger partial charge < -0.3 is 15.1 Å². The van der Waals surface area contributed by atoms with Crippen LogP contribution < -0.4 is 15.1 Å². The fourth-order valence-electron chi connectivity index (χ4n) is 4.94. The third-order valence-corrected chi connectivity index (χ3v) is 6.99. The van der Waals surface area contributed by atoms with Gasteiger partial charge >= 0.3 is 0 Å². The van der Waals surface area contributed by atoms with Gasteiger partial charge in [-0.05, 0) is 51.5 Å². The number of rotatable bonds is 5. The average Bonchev–Trinajstić information content (AvgIpc) is 3.22. The maximum absolute atomic E-state index is 13.2. The fraction of sp³-hybridized carbons (Fsp3) is 0.520. The topological polar surface area (TPSA) is 105 Å². The van der Waals surface area contributed by atoms with E-state index in [2.05, 4.69) is 47.1 Å². The summed E-state index contributed by atoms with van der Waals surface area (Å²) in [5.41, 5.74) is 1.96. The first kappa shape index (κ1) is 23.2. The fourth-order valence-corrected chi connectivity index (χ4v) is 4.94. The molecule has 10 nitrogen and oxygen atoms in total. The van der Waals surface area contributed by atoms with Crippen LogP contribution in [0.1, 0.15) is 44.0 Å². The molecule has 35 heavy (non-hydrogen) atoms. The Morgan fingerprint density at radius 3 is 2.34 bits per heavy atom. The molecule has 1 amide bonds. The SMILES string of the molecule is Cc1cc(C)n(-c2cc(N3CCCC(C(=O)Nc4cc(N5CCC(C)CC5)ncn4)C3)ncn2)n1. The Kier molecular flexibility index (Phi) is 6.61. The minimum Gasteiger partial charge on any atom is -0.356 e. The molecule has 2 fully saturated rings. The lowest BCUT2D eigenvalue weighted by Gasteiger charge is -2.33. The summed E-state index contributed by atoms with van der Waals surface area (Å²) < 4.78 is 1.82. The number of hydrogen-bond donors (Lipinski definition) is 1. The summed E-state index contributed by atoms with van der Waals surface area (Å²) in [5, 5.41) is 7.56. The average molecular weight is 476 g/mol. The lowest BCUT2D eigenvalue weighted by Crippen LogP contribution is -2.41. The molecule has 5 heterocycles. The number of aryl methyl sites for hydroxylation is 2. The Labute approximate surface area is 205 Å². The first-order valence-corrected chi connectivity index (χ1v) is 12.4. The van der Waals surface area contributed by atoms with Gasteiger partial charge in [-0.25, -0.2) is 24.6 Å². The van der Waals surface area contributed by atoms with E-state index in [1.165, 1.54) is 6.33 Å². The van der Waals surface area contributed by atoms with Crippen molar-refractivity contribution in [2.45, 2.75) is 46.5 Å². The van der Waals surface area contributed by atoms with Crippen LogP contribution in [0, 0.1) is 25.7 Å².